The molecule has 10 heteroatoms. The molecule has 0 radical (unpaired) electrons. The summed E-state index contributed by atoms with van der Waals surface area (Å²) in [6.45, 7) is 2.49. The lowest BCUT2D eigenvalue weighted by Crippen LogP contribution is -2.05. The average molecular weight is 488 g/mol. The van der Waals surface area contributed by atoms with Crippen molar-refractivity contribution in [2.45, 2.75) is 27.5 Å². The number of hydrogen-bond donors (Lipinski definition) is 1. The highest BCUT2D eigenvalue weighted by Gasteiger charge is 2.24. The topological polar surface area (TPSA) is 104 Å². The van der Waals surface area contributed by atoms with Crippen molar-refractivity contribution in [2.75, 3.05) is 12.9 Å². The third-order valence-electron chi connectivity index (χ3n) is 4.22. The molecule has 0 aliphatic carbocycles. The molecule has 3 aromatic rings. The molecule has 0 amide bonds. The molecule has 0 bridgehead atoms. The maximum atomic E-state index is 13.2. The van der Waals surface area contributed by atoms with Gasteiger partial charge in [0.2, 0.25) is 9.84 Å². The molecule has 0 fully saturated rings. The van der Waals surface area contributed by atoms with Gasteiger partial charge in [-0.3, -0.25) is 0 Å². The molecule has 0 saturated carbocycles. The fraction of sp³-hybridized carbons (Fsp3) is 0.200. The molecule has 0 unspecified atom stereocenters. The Kier molecular flexibility index (Phi) is 7.70. The zero-order chi connectivity index (χ0) is 21.2. The minimum Gasteiger partial charge on any atom is -0.493 e. The lowest BCUT2D eigenvalue weighted by molar-refractivity contribution is 0.341. The van der Waals surface area contributed by atoms with Gasteiger partial charge in [0.1, 0.15) is 9.96 Å². The van der Waals surface area contributed by atoms with E-state index in [4.69, 9.17) is 10.5 Å². The van der Waals surface area contributed by atoms with Gasteiger partial charge in [0.05, 0.1) is 16.4 Å². The first-order valence-electron chi connectivity index (χ1n) is 8.78. The van der Waals surface area contributed by atoms with Gasteiger partial charge in [0.25, 0.3) is 0 Å². The number of rotatable bonds is 7. The third kappa shape index (κ3) is 5.04. The van der Waals surface area contributed by atoms with E-state index in [0.717, 1.165) is 22.5 Å². The summed E-state index contributed by atoms with van der Waals surface area (Å²) in [5, 5.41) is 0. The molecule has 6 nitrogen and oxygen atoms in total. The SMILES string of the molecule is CCOc1ccccc1-c1cc(S(C)(=O)=O)cc(S(=O)(=O)c2ccc(CN)s2)c1.Cl. The molecule has 0 saturated heterocycles. The van der Waals surface area contributed by atoms with Gasteiger partial charge in [-0.2, -0.15) is 0 Å². The van der Waals surface area contributed by atoms with Gasteiger partial charge in [-0.25, -0.2) is 16.8 Å². The molecule has 0 aliphatic heterocycles. The van der Waals surface area contributed by atoms with Crippen LogP contribution in [0.25, 0.3) is 11.1 Å². The maximum Gasteiger partial charge on any atom is 0.216 e. The van der Waals surface area contributed by atoms with E-state index in [9.17, 15) is 16.8 Å². The van der Waals surface area contributed by atoms with Crippen molar-refractivity contribution in [1.82, 2.24) is 0 Å². The summed E-state index contributed by atoms with van der Waals surface area (Å²) in [4.78, 5) is 0.562. The van der Waals surface area contributed by atoms with Crippen LogP contribution in [-0.4, -0.2) is 29.7 Å². The van der Waals surface area contributed by atoms with Crippen LogP contribution in [0.2, 0.25) is 0 Å². The third-order valence-corrected chi connectivity index (χ3v) is 8.64. The van der Waals surface area contributed by atoms with E-state index in [0.29, 0.717) is 23.5 Å². The van der Waals surface area contributed by atoms with E-state index in [2.05, 4.69) is 0 Å². The molecule has 3 rings (SSSR count). The maximum absolute atomic E-state index is 13.2. The van der Waals surface area contributed by atoms with Crippen molar-refractivity contribution in [3.05, 3.63) is 59.5 Å². The van der Waals surface area contributed by atoms with E-state index in [1.807, 2.05) is 6.92 Å². The predicted octanol–water partition coefficient (Wildman–Crippen LogP) is 3.93. The summed E-state index contributed by atoms with van der Waals surface area (Å²) in [5.41, 5.74) is 6.66. The van der Waals surface area contributed by atoms with Crippen LogP contribution in [0, 0.1) is 0 Å². The molecule has 2 N–H and O–H groups in total. The van der Waals surface area contributed by atoms with E-state index in [1.165, 1.54) is 24.3 Å². The highest BCUT2D eigenvalue weighted by Crippen LogP contribution is 2.36. The van der Waals surface area contributed by atoms with Crippen molar-refractivity contribution in [1.29, 1.82) is 0 Å². The van der Waals surface area contributed by atoms with E-state index in [1.54, 1.807) is 30.3 Å². The van der Waals surface area contributed by atoms with Crippen LogP contribution in [0.3, 0.4) is 0 Å². The number of ether oxygens (including phenoxy) is 1. The first-order valence-corrected chi connectivity index (χ1v) is 13.0. The summed E-state index contributed by atoms with van der Waals surface area (Å²) in [7, 11) is -7.55. The Morgan fingerprint density at radius 3 is 2.23 bits per heavy atom. The molecule has 0 atom stereocenters. The van der Waals surface area contributed by atoms with Crippen molar-refractivity contribution >= 4 is 43.4 Å². The summed E-state index contributed by atoms with van der Waals surface area (Å²) < 4.78 is 56.6. The van der Waals surface area contributed by atoms with Gasteiger partial charge in [-0.1, -0.05) is 18.2 Å². The van der Waals surface area contributed by atoms with Crippen molar-refractivity contribution < 1.29 is 21.6 Å². The first-order chi connectivity index (χ1) is 13.7. The zero-order valence-corrected chi connectivity index (χ0v) is 19.6. The number of nitrogens with two attached hydrogens (primary N) is 1. The minimum absolute atomic E-state index is 0. The highest BCUT2D eigenvalue weighted by atomic mass is 35.5. The van der Waals surface area contributed by atoms with Crippen LogP contribution in [0.15, 0.2) is 68.6 Å². The Bertz CT molecular complexity index is 1250. The molecule has 0 aliphatic rings. The van der Waals surface area contributed by atoms with Gasteiger partial charge in [0, 0.05) is 23.2 Å². The van der Waals surface area contributed by atoms with E-state index >= 15 is 0 Å². The van der Waals surface area contributed by atoms with Crippen LogP contribution < -0.4 is 10.5 Å². The second-order valence-electron chi connectivity index (χ2n) is 6.32. The molecule has 30 heavy (non-hydrogen) atoms. The second-order valence-corrected chi connectivity index (χ2v) is 11.7. The molecule has 2 aromatic carbocycles. The Morgan fingerprint density at radius 2 is 1.63 bits per heavy atom. The van der Waals surface area contributed by atoms with Crippen molar-refractivity contribution in [2.24, 2.45) is 5.73 Å². The van der Waals surface area contributed by atoms with Crippen LogP contribution in [0.4, 0.5) is 0 Å². The summed E-state index contributed by atoms with van der Waals surface area (Å²) in [6.07, 6.45) is 1.05. The standard InChI is InChI=1S/C20H21NO5S3.ClH/c1-3-26-19-7-5-4-6-18(19)14-10-16(28(2,22)23)12-17(11-14)29(24,25)20-9-8-15(13-21)27-20;/h4-12H,3,13,21H2,1-2H3;1H. The van der Waals surface area contributed by atoms with E-state index in [-0.39, 0.29) is 33.0 Å². The number of sulfone groups is 2. The lowest BCUT2D eigenvalue weighted by atomic mass is 10.0. The molecule has 162 valence electrons. The average Bonchev–Trinajstić information content (AvgIpc) is 3.18. The number of hydrogen-bond acceptors (Lipinski definition) is 7. The summed E-state index contributed by atoms with van der Waals surface area (Å²) in [6, 6.07) is 14.4. The van der Waals surface area contributed by atoms with Crippen LogP contribution >= 0.6 is 23.7 Å². The van der Waals surface area contributed by atoms with E-state index < -0.39 is 19.7 Å². The summed E-state index contributed by atoms with van der Waals surface area (Å²) >= 11 is 1.07. The van der Waals surface area contributed by atoms with Gasteiger partial charge in [-0.05, 0) is 48.9 Å². The lowest BCUT2D eigenvalue weighted by Gasteiger charge is -2.13. The number of halogens is 1. The normalized spacial score (nSPS) is 11.7. The first kappa shape index (κ1) is 24.4. The Balaban J connectivity index is 0.00000320. The molecule has 1 heterocycles. The van der Waals surface area contributed by atoms with Crippen LogP contribution in [0.1, 0.15) is 11.8 Å². The quantitative estimate of drug-likeness (QED) is 0.541. The minimum atomic E-state index is -3.91. The smallest absolute Gasteiger partial charge is 0.216 e. The van der Waals surface area contributed by atoms with Gasteiger partial charge in [0.15, 0.2) is 9.84 Å². The molecule has 1 aromatic heterocycles. The van der Waals surface area contributed by atoms with Crippen molar-refractivity contribution in [3.63, 3.8) is 0 Å². The van der Waals surface area contributed by atoms with Crippen LogP contribution in [-0.2, 0) is 26.2 Å². The Labute approximate surface area is 187 Å². The number of thiophene rings is 1. The zero-order valence-electron chi connectivity index (χ0n) is 16.4. The Morgan fingerprint density at radius 1 is 0.967 bits per heavy atom. The van der Waals surface area contributed by atoms with Gasteiger partial charge >= 0.3 is 0 Å². The predicted molar refractivity (Wildman–Crippen MR) is 121 cm³/mol. The van der Waals surface area contributed by atoms with Gasteiger partial charge < -0.3 is 10.5 Å². The highest BCUT2D eigenvalue weighted by molar-refractivity contribution is 7.93. The Hall–Kier alpha value is -1.91. The van der Waals surface area contributed by atoms with Crippen molar-refractivity contribution in [3.8, 4) is 16.9 Å². The van der Waals surface area contributed by atoms with Gasteiger partial charge in [-0.15, -0.1) is 23.7 Å². The fourth-order valence-electron chi connectivity index (χ4n) is 2.81. The monoisotopic (exact) mass is 487 g/mol. The van der Waals surface area contributed by atoms with Crippen LogP contribution in [0.5, 0.6) is 5.75 Å². The fourth-order valence-corrected chi connectivity index (χ4v) is 6.27. The second kappa shape index (κ2) is 9.49. The summed E-state index contributed by atoms with van der Waals surface area (Å²) in [5.74, 6) is 0.547. The number of para-hydroxylation sites is 1. The number of benzene rings is 2. The largest absolute Gasteiger partial charge is 0.493 e. The molecular formula is C20H22ClNO5S3. The molecular weight excluding hydrogens is 466 g/mol. The molecule has 0 spiro atoms.